The van der Waals surface area contributed by atoms with E-state index in [1.807, 2.05) is 12.1 Å². The average molecular weight is 250 g/mol. The Morgan fingerprint density at radius 3 is 2.56 bits per heavy atom. The largest absolute Gasteiger partial charge is 0.493 e. The molecule has 0 N–H and O–H groups in total. The number of carbonyl (C=O) groups excluding carboxylic acids is 1. The molecule has 1 aromatic rings. The zero-order chi connectivity index (χ0) is 13.0. The molecule has 18 heavy (non-hydrogen) atoms. The Hall–Kier alpha value is -1.71. The highest BCUT2D eigenvalue weighted by Crippen LogP contribution is 2.37. The second-order valence-electron chi connectivity index (χ2n) is 4.33. The molecule has 0 amide bonds. The standard InChI is InChI=1S/C14H18O4/c1-16-12-4-3-5-13(14(12)17-2)18-9-8-11(15)10-6-7-10/h3-5,10H,6-9H2,1-2H3. The van der Waals surface area contributed by atoms with Crippen molar-refractivity contribution in [1.82, 2.24) is 0 Å². The number of benzene rings is 1. The topological polar surface area (TPSA) is 44.8 Å². The van der Waals surface area contributed by atoms with Crippen LogP contribution >= 0.6 is 0 Å². The number of ketones is 1. The number of para-hydroxylation sites is 1. The van der Waals surface area contributed by atoms with Gasteiger partial charge in [0.25, 0.3) is 0 Å². The van der Waals surface area contributed by atoms with Crippen LogP contribution in [0.2, 0.25) is 0 Å². The zero-order valence-electron chi connectivity index (χ0n) is 10.8. The predicted octanol–water partition coefficient (Wildman–Crippen LogP) is 2.45. The monoisotopic (exact) mass is 250 g/mol. The van der Waals surface area contributed by atoms with E-state index < -0.39 is 0 Å². The van der Waals surface area contributed by atoms with Crippen molar-refractivity contribution in [3.05, 3.63) is 18.2 Å². The van der Waals surface area contributed by atoms with Gasteiger partial charge in [-0.25, -0.2) is 0 Å². The van der Waals surface area contributed by atoms with E-state index in [0.29, 0.717) is 42.0 Å². The van der Waals surface area contributed by atoms with E-state index in [2.05, 4.69) is 0 Å². The Morgan fingerprint density at radius 2 is 1.94 bits per heavy atom. The van der Waals surface area contributed by atoms with Crippen molar-refractivity contribution >= 4 is 5.78 Å². The maximum Gasteiger partial charge on any atom is 0.203 e. The van der Waals surface area contributed by atoms with Crippen LogP contribution in [-0.2, 0) is 4.79 Å². The molecule has 0 saturated heterocycles. The van der Waals surface area contributed by atoms with Gasteiger partial charge in [-0.05, 0) is 25.0 Å². The summed E-state index contributed by atoms with van der Waals surface area (Å²) in [5.74, 6) is 2.40. The fourth-order valence-electron chi connectivity index (χ4n) is 1.84. The molecule has 1 aliphatic rings. The quantitative estimate of drug-likeness (QED) is 0.745. The molecule has 0 bridgehead atoms. The molecule has 2 rings (SSSR count). The van der Waals surface area contributed by atoms with Crippen LogP contribution < -0.4 is 14.2 Å². The molecule has 1 saturated carbocycles. The lowest BCUT2D eigenvalue weighted by Crippen LogP contribution is -2.08. The maximum atomic E-state index is 11.5. The Kier molecular flexibility index (Phi) is 4.07. The third-order valence-corrected chi connectivity index (χ3v) is 3.01. The van der Waals surface area contributed by atoms with Crippen LogP contribution in [-0.4, -0.2) is 26.6 Å². The van der Waals surface area contributed by atoms with Gasteiger partial charge in [-0.2, -0.15) is 0 Å². The van der Waals surface area contributed by atoms with Gasteiger partial charge in [0.2, 0.25) is 5.75 Å². The molecule has 98 valence electrons. The minimum atomic E-state index is 0.292. The van der Waals surface area contributed by atoms with Gasteiger partial charge in [-0.15, -0.1) is 0 Å². The summed E-state index contributed by atoms with van der Waals surface area (Å²) in [7, 11) is 3.15. The lowest BCUT2D eigenvalue weighted by Gasteiger charge is -2.13. The first-order valence-corrected chi connectivity index (χ1v) is 6.12. The van der Waals surface area contributed by atoms with E-state index in [-0.39, 0.29) is 0 Å². The first-order chi connectivity index (χ1) is 8.76. The number of hydrogen-bond acceptors (Lipinski definition) is 4. The minimum Gasteiger partial charge on any atom is -0.493 e. The molecule has 0 atom stereocenters. The normalized spacial score (nSPS) is 14.1. The van der Waals surface area contributed by atoms with Crippen LogP contribution in [0.5, 0.6) is 17.2 Å². The molecule has 4 nitrogen and oxygen atoms in total. The predicted molar refractivity (Wildman–Crippen MR) is 67.4 cm³/mol. The Balaban J connectivity index is 1.93. The van der Waals surface area contributed by atoms with Crippen molar-refractivity contribution in [3.8, 4) is 17.2 Å². The van der Waals surface area contributed by atoms with Crippen LogP contribution in [0, 0.1) is 5.92 Å². The van der Waals surface area contributed by atoms with Crippen LogP contribution in [0.25, 0.3) is 0 Å². The fraction of sp³-hybridized carbons (Fsp3) is 0.500. The summed E-state index contributed by atoms with van der Waals surface area (Å²) in [5.41, 5.74) is 0. The molecule has 1 aromatic carbocycles. The summed E-state index contributed by atoms with van der Waals surface area (Å²) in [6.45, 7) is 0.388. The highest BCUT2D eigenvalue weighted by Gasteiger charge is 2.28. The first-order valence-electron chi connectivity index (χ1n) is 6.12. The number of ether oxygens (including phenoxy) is 3. The van der Waals surface area contributed by atoms with Crippen LogP contribution in [0.4, 0.5) is 0 Å². The van der Waals surface area contributed by atoms with E-state index in [9.17, 15) is 4.79 Å². The van der Waals surface area contributed by atoms with Crippen molar-refractivity contribution in [2.75, 3.05) is 20.8 Å². The Labute approximate surface area is 107 Å². The van der Waals surface area contributed by atoms with E-state index in [4.69, 9.17) is 14.2 Å². The van der Waals surface area contributed by atoms with Crippen molar-refractivity contribution in [2.45, 2.75) is 19.3 Å². The van der Waals surface area contributed by atoms with Crippen LogP contribution in [0.15, 0.2) is 18.2 Å². The van der Waals surface area contributed by atoms with E-state index in [0.717, 1.165) is 12.8 Å². The molecule has 0 unspecified atom stereocenters. The molecule has 4 heteroatoms. The molecule has 1 aliphatic carbocycles. The maximum absolute atomic E-state index is 11.5. The summed E-state index contributed by atoms with van der Waals surface area (Å²) in [6, 6.07) is 5.45. The van der Waals surface area contributed by atoms with E-state index >= 15 is 0 Å². The third-order valence-electron chi connectivity index (χ3n) is 3.01. The average Bonchev–Trinajstić information content (AvgIpc) is 3.22. The number of hydrogen-bond donors (Lipinski definition) is 0. The minimum absolute atomic E-state index is 0.292. The van der Waals surface area contributed by atoms with Crippen molar-refractivity contribution < 1.29 is 19.0 Å². The molecular formula is C14H18O4. The molecule has 0 spiro atoms. The Bertz CT molecular complexity index is 424. The molecule has 0 aliphatic heterocycles. The summed E-state index contributed by atoms with van der Waals surface area (Å²) in [6.07, 6.45) is 2.55. The van der Waals surface area contributed by atoms with Crippen molar-refractivity contribution in [3.63, 3.8) is 0 Å². The van der Waals surface area contributed by atoms with Gasteiger partial charge in [0.05, 0.1) is 20.8 Å². The lowest BCUT2D eigenvalue weighted by atomic mass is 10.2. The highest BCUT2D eigenvalue weighted by atomic mass is 16.5. The number of Topliss-reactive ketones (excluding diaryl/α,β-unsaturated/α-hetero) is 1. The van der Waals surface area contributed by atoms with Crippen LogP contribution in [0.3, 0.4) is 0 Å². The second kappa shape index (κ2) is 5.76. The summed E-state index contributed by atoms with van der Waals surface area (Å²) < 4.78 is 16.0. The van der Waals surface area contributed by atoms with Gasteiger partial charge in [0, 0.05) is 12.3 Å². The van der Waals surface area contributed by atoms with Gasteiger partial charge >= 0.3 is 0 Å². The summed E-state index contributed by atoms with van der Waals surface area (Å²) >= 11 is 0. The fourth-order valence-corrected chi connectivity index (χ4v) is 1.84. The lowest BCUT2D eigenvalue weighted by molar-refractivity contribution is -0.120. The number of methoxy groups -OCH3 is 2. The number of carbonyl (C=O) groups is 1. The van der Waals surface area contributed by atoms with Crippen molar-refractivity contribution in [2.24, 2.45) is 5.92 Å². The Morgan fingerprint density at radius 1 is 1.22 bits per heavy atom. The second-order valence-corrected chi connectivity index (χ2v) is 4.33. The van der Waals surface area contributed by atoms with Gasteiger partial charge in [-0.3, -0.25) is 4.79 Å². The van der Waals surface area contributed by atoms with Gasteiger partial charge in [-0.1, -0.05) is 6.07 Å². The SMILES string of the molecule is COc1cccc(OCCC(=O)C2CC2)c1OC. The third kappa shape index (κ3) is 2.94. The molecule has 0 aromatic heterocycles. The van der Waals surface area contributed by atoms with Gasteiger partial charge < -0.3 is 14.2 Å². The molecule has 0 heterocycles. The highest BCUT2D eigenvalue weighted by molar-refractivity contribution is 5.83. The van der Waals surface area contributed by atoms with Gasteiger partial charge in [0.15, 0.2) is 11.5 Å². The molecule has 1 fully saturated rings. The zero-order valence-corrected chi connectivity index (χ0v) is 10.8. The van der Waals surface area contributed by atoms with E-state index in [1.54, 1.807) is 20.3 Å². The van der Waals surface area contributed by atoms with E-state index in [1.165, 1.54) is 0 Å². The summed E-state index contributed by atoms with van der Waals surface area (Å²) in [4.78, 5) is 11.5. The van der Waals surface area contributed by atoms with Crippen molar-refractivity contribution in [1.29, 1.82) is 0 Å². The number of rotatable bonds is 7. The smallest absolute Gasteiger partial charge is 0.203 e. The van der Waals surface area contributed by atoms with Gasteiger partial charge in [0.1, 0.15) is 5.78 Å². The molecular weight excluding hydrogens is 232 g/mol. The summed E-state index contributed by atoms with van der Waals surface area (Å²) in [5, 5.41) is 0. The first kappa shape index (κ1) is 12.7. The molecule has 0 radical (unpaired) electrons. The van der Waals surface area contributed by atoms with Crippen LogP contribution in [0.1, 0.15) is 19.3 Å².